The van der Waals surface area contributed by atoms with Crippen LogP contribution < -0.4 is 5.73 Å². The van der Waals surface area contributed by atoms with E-state index in [9.17, 15) is 4.79 Å². The molecular formula is C11H15NO3. The molecule has 82 valence electrons. The molecule has 0 unspecified atom stereocenters. The highest BCUT2D eigenvalue weighted by atomic mass is 16.5. The van der Waals surface area contributed by atoms with Crippen LogP contribution in [-0.4, -0.2) is 17.8 Å². The third kappa shape index (κ3) is 4.90. The first-order valence-electron chi connectivity index (χ1n) is 4.88. The standard InChI is InChI=1S/C11H15NO3/c12-11(14)15-8-2-1-3-9-4-6-10(13)7-5-9/h4-7,13H,1-3,8H2,(H2,12,14). The van der Waals surface area contributed by atoms with Crippen LogP contribution in [0.4, 0.5) is 4.79 Å². The van der Waals surface area contributed by atoms with Crippen molar-refractivity contribution in [1.29, 1.82) is 0 Å². The number of hydrogen-bond acceptors (Lipinski definition) is 3. The lowest BCUT2D eigenvalue weighted by atomic mass is 10.1. The van der Waals surface area contributed by atoms with Crippen LogP contribution >= 0.6 is 0 Å². The van der Waals surface area contributed by atoms with Crippen molar-refractivity contribution in [3.63, 3.8) is 0 Å². The molecule has 0 radical (unpaired) electrons. The minimum absolute atomic E-state index is 0.274. The Labute approximate surface area is 88.7 Å². The van der Waals surface area contributed by atoms with E-state index in [-0.39, 0.29) is 5.75 Å². The Morgan fingerprint density at radius 1 is 1.27 bits per heavy atom. The van der Waals surface area contributed by atoms with Crippen LogP contribution in [0.5, 0.6) is 5.75 Å². The number of aromatic hydroxyl groups is 1. The van der Waals surface area contributed by atoms with Crippen molar-refractivity contribution < 1.29 is 14.6 Å². The number of phenolic OH excluding ortho intramolecular Hbond substituents is 1. The maximum Gasteiger partial charge on any atom is 0.404 e. The number of rotatable bonds is 5. The van der Waals surface area contributed by atoms with Gasteiger partial charge in [-0.15, -0.1) is 0 Å². The Balaban J connectivity index is 2.15. The molecule has 1 aromatic carbocycles. The van der Waals surface area contributed by atoms with Gasteiger partial charge in [-0.1, -0.05) is 12.1 Å². The lowest BCUT2D eigenvalue weighted by Crippen LogP contribution is -2.13. The minimum atomic E-state index is -0.723. The van der Waals surface area contributed by atoms with Crippen molar-refractivity contribution in [3.05, 3.63) is 29.8 Å². The van der Waals surface area contributed by atoms with Crippen LogP contribution in [0, 0.1) is 0 Å². The minimum Gasteiger partial charge on any atom is -0.508 e. The molecule has 4 nitrogen and oxygen atoms in total. The molecule has 4 heteroatoms. The number of carbonyl (C=O) groups excluding carboxylic acids is 1. The molecular weight excluding hydrogens is 194 g/mol. The second-order valence-electron chi connectivity index (χ2n) is 3.29. The van der Waals surface area contributed by atoms with Gasteiger partial charge in [0.05, 0.1) is 6.61 Å². The van der Waals surface area contributed by atoms with Gasteiger partial charge in [0, 0.05) is 0 Å². The predicted molar refractivity (Wildman–Crippen MR) is 56.6 cm³/mol. The first-order valence-corrected chi connectivity index (χ1v) is 4.88. The zero-order valence-corrected chi connectivity index (χ0v) is 8.48. The van der Waals surface area contributed by atoms with Gasteiger partial charge in [-0.25, -0.2) is 4.79 Å². The summed E-state index contributed by atoms with van der Waals surface area (Å²) < 4.78 is 4.60. The number of nitrogens with two attached hydrogens (primary N) is 1. The zero-order chi connectivity index (χ0) is 11.1. The Bertz CT molecular complexity index is 308. The lowest BCUT2D eigenvalue weighted by molar-refractivity contribution is 0.154. The molecule has 0 heterocycles. The van der Waals surface area contributed by atoms with Gasteiger partial charge in [-0.05, 0) is 37.0 Å². The number of hydrogen-bond donors (Lipinski definition) is 2. The highest BCUT2D eigenvalue weighted by Crippen LogP contribution is 2.11. The van der Waals surface area contributed by atoms with E-state index < -0.39 is 6.09 Å². The zero-order valence-electron chi connectivity index (χ0n) is 8.48. The monoisotopic (exact) mass is 209 g/mol. The fourth-order valence-corrected chi connectivity index (χ4v) is 1.27. The van der Waals surface area contributed by atoms with Crippen molar-refractivity contribution in [2.24, 2.45) is 5.73 Å². The summed E-state index contributed by atoms with van der Waals surface area (Å²) in [4.78, 5) is 10.2. The van der Waals surface area contributed by atoms with Crippen LogP contribution in [-0.2, 0) is 11.2 Å². The van der Waals surface area contributed by atoms with Gasteiger partial charge in [0.1, 0.15) is 5.75 Å². The average molecular weight is 209 g/mol. The number of aryl methyl sites for hydroxylation is 1. The Kier molecular flexibility index (Phi) is 4.47. The number of benzene rings is 1. The molecule has 0 fully saturated rings. The molecule has 0 aromatic heterocycles. The van der Waals surface area contributed by atoms with Crippen molar-refractivity contribution >= 4 is 6.09 Å². The van der Waals surface area contributed by atoms with Crippen molar-refractivity contribution in [1.82, 2.24) is 0 Å². The molecule has 0 saturated carbocycles. The van der Waals surface area contributed by atoms with Crippen molar-refractivity contribution in [2.75, 3.05) is 6.61 Å². The molecule has 1 rings (SSSR count). The van der Waals surface area contributed by atoms with Crippen LogP contribution in [0.1, 0.15) is 18.4 Å². The third-order valence-electron chi connectivity index (χ3n) is 2.04. The first-order chi connectivity index (χ1) is 7.18. The molecule has 15 heavy (non-hydrogen) atoms. The Morgan fingerprint density at radius 2 is 1.93 bits per heavy atom. The van der Waals surface area contributed by atoms with Gasteiger partial charge in [-0.3, -0.25) is 0 Å². The summed E-state index contributed by atoms with van der Waals surface area (Å²) in [6.07, 6.45) is 1.91. The highest BCUT2D eigenvalue weighted by Gasteiger charge is 1.96. The average Bonchev–Trinajstić information content (AvgIpc) is 2.20. The van der Waals surface area contributed by atoms with Crippen LogP contribution in [0.2, 0.25) is 0 Å². The summed E-state index contributed by atoms with van der Waals surface area (Å²) >= 11 is 0. The van der Waals surface area contributed by atoms with Crippen molar-refractivity contribution in [2.45, 2.75) is 19.3 Å². The van der Waals surface area contributed by atoms with E-state index in [0.717, 1.165) is 24.8 Å². The molecule has 0 spiro atoms. The fraction of sp³-hybridized carbons (Fsp3) is 0.364. The number of carbonyl (C=O) groups is 1. The molecule has 0 bridgehead atoms. The topological polar surface area (TPSA) is 72.6 Å². The first kappa shape index (κ1) is 11.4. The van der Waals surface area contributed by atoms with E-state index in [1.165, 1.54) is 0 Å². The van der Waals surface area contributed by atoms with E-state index in [1.807, 2.05) is 12.1 Å². The van der Waals surface area contributed by atoms with E-state index >= 15 is 0 Å². The van der Waals surface area contributed by atoms with Gasteiger partial charge in [0.2, 0.25) is 0 Å². The van der Waals surface area contributed by atoms with Crippen LogP contribution in [0.3, 0.4) is 0 Å². The second-order valence-corrected chi connectivity index (χ2v) is 3.29. The molecule has 1 amide bonds. The maximum absolute atomic E-state index is 10.2. The number of unbranched alkanes of at least 4 members (excludes halogenated alkanes) is 1. The van der Waals surface area contributed by atoms with Gasteiger partial charge in [-0.2, -0.15) is 0 Å². The van der Waals surface area contributed by atoms with Gasteiger partial charge < -0.3 is 15.6 Å². The predicted octanol–water partition coefficient (Wildman–Crippen LogP) is 1.81. The van der Waals surface area contributed by atoms with Crippen LogP contribution in [0.15, 0.2) is 24.3 Å². The summed E-state index contributed by atoms with van der Waals surface area (Å²) in [5.74, 6) is 0.274. The molecule has 0 aliphatic carbocycles. The number of amides is 1. The molecule has 0 atom stereocenters. The summed E-state index contributed by atoms with van der Waals surface area (Å²) in [6, 6.07) is 7.08. The van der Waals surface area contributed by atoms with Crippen LogP contribution in [0.25, 0.3) is 0 Å². The smallest absolute Gasteiger partial charge is 0.404 e. The van der Waals surface area contributed by atoms with E-state index in [1.54, 1.807) is 12.1 Å². The van der Waals surface area contributed by atoms with E-state index in [2.05, 4.69) is 4.74 Å². The number of primary amides is 1. The summed E-state index contributed by atoms with van der Waals surface area (Å²) in [5.41, 5.74) is 5.97. The SMILES string of the molecule is NC(=O)OCCCCc1ccc(O)cc1. The maximum atomic E-state index is 10.2. The molecule has 0 aliphatic rings. The molecule has 3 N–H and O–H groups in total. The lowest BCUT2D eigenvalue weighted by Gasteiger charge is -2.02. The van der Waals surface area contributed by atoms with E-state index in [4.69, 9.17) is 10.8 Å². The Hall–Kier alpha value is -1.71. The third-order valence-corrected chi connectivity index (χ3v) is 2.04. The number of phenols is 1. The molecule has 0 saturated heterocycles. The second kappa shape index (κ2) is 5.90. The largest absolute Gasteiger partial charge is 0.508 e. The van der Waals surface area contributed by atoms with Crippen molar-refractivity contribution in [3.8, 4) is 5.75 Å². The van der Waals surface area contributed by atoms with Gasteiger partial charge in [0.25, 0.3) is 0 Å². The molecule has 0 aliphatic heterocycles. The van der Waals surface area contributed by atoms with Gasteiger partial charge >= 0.3 is 6.09 Å². The highest BCUT2D eigenvalue weighted by molar-refractivity contribution is 5.64. The molecule has 1 aromatic rings. The van der Waals surface area contributed by atoms with E-state index in [0.29, 0.717) is 6.61 Å². The fourth-order valence-electron chi connectivity index (χ4n) is 1.27. The van der Waals surface area contributed by atoms with Gasteiger partial charge in [0.15, 0.2) is 0 Å². The number of ether oxygens (including phenoxy) is 1. The Morgan fingerprint density at radius 3 is 2.53 bits per heavy atom. The summed E-state index contributed by atoms with van der Waals surface area (Å²) in [5, 5.41) is 9.06. The normalized spacial score (nSPS) is 9.87. The quantitative estimate of drug-likeness (QED) is 0.726. The summed E-state index contributed by atoms with van der Waals surface area (Å²) in [7, 11) is 0. The summed E-state index contributed by atoms with van der Waals surface area (Å²) in [6.45, 7) is 0.368.